The third-order valence-corrected chi connectivity index (χ3v) is 6.20. The lowest BCUT2D eigenvalue weighted by atomic mass is 9.76. The van der Waals surface area contributed by atoms with E-state index < -0.39 is 30.1 Å². The van der Waals surface area contributed by atoms with Crippen LogP contribution in [0.3, 0.4) is 0 Å². The van der Waals surface area contributed by atoms with Crippen LogP contribution in [0.5, 0.6) is 0 Å². The van der Waals surface area contributed by atoms with Gasteiger partial charge in [-0.2, -0.15) is 13.2 Å². The van der Waals surface area contributed by atoms with Gasteiger partial charge in [-0.15, -0.1) is 0 Å². The maximum atomic E-state index is 12.2. The van der Waals surface area contributed by atoms with Gasteiger partial charge in [0.15, 0.2) is 0 Å². The Morgan fingerprint density at radius 3 is 2.32 bits per heavy atom. The highest BCUT2D eigenvalue weighted by Gasteiger charge is 2.44. The summed E-state index contributed by atoms with van der Waals surface area (Å²) in [5.74, 6) is -3.49. The van der Waals surface area contributed by atoms with Gasteiger partial charge in [-0.3, -0.25) is 14.7 Å². The molecule has 3 rings (SSSR count). The number of anilines is 1. The van der Waals surface area contributed by atoms with Crippen molar-refractivity contribution in [3.63, 3.8) is 0 Å². The number of pyridine rings is 1. The lowest BCUT2D eigenvalue weighted by Gasteiger charge is -2.38. The molecule has 2 aliphatic rings. The molecule has 2 heterocycles. The lowest BCUT2D eigenvalue weighted by molar-refractivity contribution is -0.203. The van der Waals surface area contributed by atoms with Crippen LogP contribution in [0.1, 0.15) is 38.5 Å². The van der Waals surface area contributed by atoms with Gasteiger partial charge in [0.2, 0.25) is 0 Å². The molecule has 1 aliphatic heterocycles. The van der Waals surface area contributed by atoms with Crippen LogP contribution >= 0.6 is 0 Å². The van der Waals surface area contributed by atoms with Crippen molar-refractivity contribution in [2.24, 2.45) is 5.92 Å². The Morgan fingerprint density at radius 1 is 1.13 bits per heavy atom. The number of esters is 2. The highest BCUT2D eigenvalue weighted by Crippen LogP contribution is 2.36. The third kappa shape index (κ3) is 6.90. The molecule has 0 amide bonds. The predicted molar refractivity (Wildman–Crippen MR) is 106 cm³/mol. The molecule has 1 aromatic heterocycles. The van der Waals surface area contributed by atoms with Crippen molar-refractivity contribution in [2.45, 2.75) is 50.3 Å². The van der Waals surface area contributed by atoms with Crippen LogP contribution in [0.25, 0.3) is 0 Å². The summed E-state index contributed by atoms with van der Waals surface area (Å²) in [6.45, 7) is 4.80. The quantitative estimate of drug-likeness (QED) is 0.534. The monoisotopic (exact) mass is 443 g/mol. The van der Waals surface area contributed by atoms with Crippen molar-refractivity contribution in [1.29, 1.82) is 0 Å². The van der Waals surface area contributed by atoms with Crippen LogP contribution < -0.4 is 4.90 Å². The summed E-state index contributed by atoms with van der Waals surface area (Å²) in [6, 6.07) is 4.02. The summed E-state index contributed by atoms with van der Waals surface area (Å²) in [5, 5.41) is 10.5. The van der Waals surface area contributed by atoms with Gasteiger partial charge in [0.05, 0.1) is 12.0 Å². The number of aromatic nitrogens is 1. The summed E-state index contributed by atoms with van der Waals surface area (Å²) < 4.78 is 40.3. The van der Waals surface area contributed by atoms with Gasteiger partial charge < -0.3 is 14.7 Å². The molecular formula is C21H28F3N3O4. The van der Waals surface area contributed by atoms with E-state index in [1.54, 1.807) is 12.4 Å². The van der Waals surface area contributed by atoms with E-state index in [1.807, 2.05) is 12.1 Å². The molecule has 1 aromatic rings. The van der Waals surface area contributed by atoms with Gasteiger partial charge in [0.1, 0.15) is 0 Å². The molecule has 172 valence electrons. The van der Waals surface area contributed by atoms with Gasteiger partial charge in [-0.05, 0) is 56.7 Å². The Morgan fingerprint density at radius 2 is 1.74 bits per heavy atom. The minimum Gasteiger partial charge on any atom is -0.389 e. The van der Waals surface area contributed by atoms with Gasteiger partial charge in [-0.1, -0.05) is 0 Å². The Balaban J connectivity index is 1.35. The molecule has 31 heavy (non-hydrogen) atoms. The summed E-state index contributed by atoms with van der Waals surface area (Å²) in [4.78, 5) is 31.1. The minimum absolute atomic E-state index is 0.308. The van der Waals surface area contributed by atoms with E-state index in [2.05, 4.69) is 19.5 Å². The molecule has 0 bridgehead atoms. The Bertz CT molecular complexity index is 744. The first-order valence-corrected chi connectivity index (χ1v) is 10.6. The van der Waals surface area contributed by atoms with Crippen molar-refractivity contribution in [3.8, 4) is 0 Å². The number of alkyl halides is 3. The molecule has 0 spiro atoms. The zero-order valence-electron chi connectivity index (χ0n) is 17.3. The fourth-order valence-corrected chi connectivity index (χ4v) is 4.30. The molecule has 2 fully saturated rings. The predicted octanol–water partition coefficient (Wildman–Crippen LogP) is 2.54. The van der Waals surface area contributed by atoms with Crippen LogP contribution in [0.15, 0.2) is 24.5 Å². The van der Waals surface area contributed by atoms with Crippen LogP contribution in [0.4, 0.5) is 18.9 Å². The second-order valence-electron chi connectivity index (χ2n) is 8.43. The number of hydrogen-bond donors (Lipinski definition) is 1. The fourth-order valence-electron chi connectivity index (χ4n) is 4.30. The van der Waals surface area contributed by atoms with Gasteiger partial charge in [-0.25, -0.2) is 4.79 Å². The molecule has 0 atom stereocenters. The molecule has 0 aromatic carbocycles. The Labute approximate surface area is 179 Å². The number of nitrogens with zero attached hydrogens (tertiary/aromatic N) is 3. The number of halogens is 3. The van der Waals surface area contributed by atoms with Crippen molar-refractivity contribution < 1.29 is 32.6 Å². The van der Waals surface area contributed by atoms with E-state index in [0.29, 0.717) is 31.6 Å². The number of carbonyl (C=O) groups is 2. The number of hydrogen-bond acceptors (Lipinski definition) is 7. The zero-order valence-corrected chi connectivity index (χ0v) is 17.3. The normalized spacial score (nSPS) is 25.3. The molecule has 1 saturated carbocycles. The summed E-state index contributed by atoms with van der Waals surface area (Å²) in [6.07, 6.45) is 0.730. The first-order chi connectivity index (χ1) is 14.6. The second kappa shape index (κ2) is 9.95. The van der Waals surface area contributed by atoms with Crippen molar-refractivity contribution in [3.05, 3.63) is 24.5 Å². The van der Waals surface area contributed by atoms with Crippen LogP contribution in [-0.2, 0) is 14.3 Å². The summed E-state index contributed by atoms with van der Waals surface area (Å²) in [5.41, 5.74) is -0.230. The van der Waals surface area contributed by atoms with Crippen LogP contribution in [-0.4, -0.2) is 71.4 Å². The van der Waals surface area contributed by atoms with Gasteiger partial charge in [0, 0.05) is 44.3 Å². The smallest absolute Gasteiger partial charge is 0.389 e. The maximum Gasteiger partial charge on any atom is 0.491 e. The lowest BCUT2D eigenvalue weighted by Crippen LogP contribution is -2.47. The Hall–Kier alpha value is -2.20. The van der Waals surface area contributed by atoms with Crippen LogP contribution in [0.2, 0.25) is 0 Å². The number of piperazine rings is 1. The third-order valence-electron chi connectivity index (χ3n) is 6.20. The topological polar surface area (TPSA) is 83.0 Å². The number of ether oxygens (including phenoxy) is 1. The molecule has 10 heteroatoms. The zero-order chi connectivity index (χ0) is 22.5. The average Bonchev–Trinajstić information content (AvgIpc) is 2.73. The first-order valence-electron chi connectivity index (χ1n) is 10.6. The highest BCUT2D eigenvalue weighted by atomic mass is 19.4. The standard InChI is InChI=1S/C21H28F3N3O4/c22-21(23,24)19(29)31-18(28)15-20(30)6-1-16(2-7-20)5-10-26-11-13-27(14-12-26)17-3-8-25-9-4-17/h3-4,8-9,16,30H,1-2,5-7,10-15H2. The van der Waals surface area contributed by atoms with E-state index in [0.717, 1.165) is 39.1 Å². The molecule has 1 saturated heterocycles. The Kier molecular flexibility index (Phi) is 7.53. The van der Waals surface area contributed by atoms with Crippen molar-refractivity contribution in [1.82, 2.24) is 9.88 Å². The van der Waals surface area contributed by atoms with Crippen LogP contribution in [0, 0.1) is 5.92 Å². The van der Waals surface area contributed by atoms with E-state index >= 15 is 0 Å². The van der Waals surface area contributed by atoms with E-state index in [9.17, 15) is 27.9 Å². The maximum absolute atomic E-state index is 12.2. The fraction of sp³-hybridized carbons (Fsp3) is 0.667. The average molecular weight is 443 g/mol. The van der Waals surface area contributed by atoms with Gasteiger partial charge in [0.25, 0.3) is 0 Å². The first kappa shape index (κ1) is 23.5. The molecular weight excluding hydrogens is 415 g/mol. The van der Waals surface area contributed by atoms with E-state index in [1.165, 1.54) is 5.69 Å². The summed E-state index contributed by atoms with van der Waals surface area (Å²) in [7, 11) is 0. The number of aliphatic hydroxyl groups is 1. The molecule has 7 nitrogen and oxygen atoms in total. The largest absolute Gasteiger partial charge is 0.491 e. The van der Waals surface area contributed by atoms with E-state index in [4.69, 9.17) is 0 Å². The van der Waals surface area contributed by atoms with Crippen molar-refractivity contribution in [2.75, 3.05) is 37.6 Å². The summed E-state index contributed by atoms with van der Waals surface area (Å²) >= 11 is 0. The SMILES string of the molecule is O=C(CC1(O)CCC(CCN2CCN(c3ccncc3)CC2)CC1)OC(=O)C(F)(F)F. The number of rotatable bonds is 6. The minimum atomic E-state index is -5.22. The highest BCUT2D eigenvalue weighted by molar-refractivity contribution is 5.88. The van der Waals surface area contributed by atoms with Gasteiger partial charge >= 0.3 is 18.1 Å². The second-order valence-corrected chi connectivity index (χ2v) is 8.43. The molecule has 0 radical (unpaired) electrons. The molecule has 1 N–H and O–H groups in total. The van der Waals surface area contributed by atoms with Crippen molar-refractivity contribution >= 4 is 17.6 Å². The molecule has 0 unspecified atom stereocenters. The molecule has 1 aliphatic carbocycles. The van der Waals surface area contributed by atoms with E-state index in [-0.39, 0.29) is 0 Å². The number of carbonyl (C=O) groups excluding carboxylic acids is 2.